The minimum atomic E-state index is -0.664. The molecule has 0 aliphatic heterocycles. The van der Waals surface area contributed by atoms with Gasteiger partial charge in [0.2, 0.25) is 0 Å². The number of nitrogens with zero attached hydrogens (tertiary/aromatic N) is 3. The van der Waals surface area contributed by atoms with Crippen LogP contribution in [0.25, 0.3) is 0 Å². The molecule has 1 unspecified atom stereocenters. The Hall–Kier alpha value is -1.33. The molecule has 0 aliphatic rings. The predicted octanol–water partition coefficient (Wildman–Crippen LogP) is 1.32. The van der Waals surface area contributed by atoms with Crippen molar-refractivity contribution in [1.29, 1.82) is 0 Å². The summed E-state index contributed by atoms with van der Waals surface area (Å²) in [5.74, 6) is 0. The van der Waals surface area contributed by atoms with E-state index in [2.05, 4.69) is 14.6 Å². The third-order valence-corrected chi connectivity index (χ3v) is 2.61. The van der Waals surface area contributed by atoms with Gasteiger partial charge in [-0.05, 0) is 24.5 Å². The van der Waals surface area contributed by atoms with Crippen LogP contribution < -0.4 is 0 Å². The van der Waals surface area contributed by atoms with Gasteiger partial charge in [-0.15, -0.1) is 5.10 Å². The standard InChI is InChI=1S/C9H9N3OS/c1-6-2-3-7(4-10-6)9(13)8-5-11-12-14-8/h2-5,9,13H,1H3. The van der Waals surface area contributed by atoms with E-state index in [1.807, 2.05) is 19.1 Å². The quantitative estimate of drug-likeness (QED) is 0.807. The summed E-state index contributed by atoms with van der Waals surface area (Å²) >= 11 is 1.19. The fourth-order valence-corrected chi connectivity index (χ4v) is 1.62. The van der Waals surface area contributed by atoms with Crippen LogP contribution in [0, 0.1) is 6.92 Å². The highest BCUT2D eigenvalue weighted by atomic mass is 32.1. The number of rotatable bonds is 2. The van der Waals surface area contributed by atoms with Crippen molar-refractivity contribution in [3.05, 3.63) is 40.7 Å². The minimum absolute atomic E-state index is 0.664. The zero-order valence-electron chi connectivity index (χ0n) is 7.58. The fraction of sp³-hybridized carbons (Fsp3) is 0.222. The molecule has 0 saturated heterocycles. The molecule has 2 heterocycles. The van der Waals surface area contributed by atoms with Gasteiger partial charge in [0.15, 0.2) is 0 Å². The summed E-state index contributed by atoms with van der Waals surface area (Å²) in [4.78, 5) is 4.85. The molecule has 0 aromatic carbocycles. The molecule has 0 radical (unpaired) electrons. The second kappa shape index (κ2) is 3.81. The van der Waals surface area contributed by atoms with Crippen LogP contribution >= 0.6 is 11.5 Å². The summed E-state index contributed by atoms with van der Waals surface area (Å²) in [6.07, 6.45) is 2.57. The number of aryl methyl sites for hydroxylation is 1. The molecule has 1 atom stereocenters. The van der Waals surface area contributed by atoms with E-state index < -0.39 is 6.10 Å². The third-order valence-electron chi connectivity index (χ3n) is 1.90. The zero-order chi connectivity index (χ0) is 9.97. The first kappa shape index (κ1) is 9.23. The minimum Gasteiger partial charge on any atom is -0.383 e. The first-order chi connectivity index (χ1) is 6.77. The molecule has 0 amide bonds. The third kappa shape index (κ3) is 1.78. The van der Waals surface area contributed by atoms with E-state index >= 15 is 0 Å². The SMILES string of the molecule is Cc1ccc(C(O)c2cnns2)cn1. The van der Waals surface area contributed by atoms with Gasteiger partial charge in [-0.2, -0.15) is 0 Å². The van der Waals surface area contributed by atoms with Gasteiger partial charge in [0.1, 0.15) is 6.10 Å². The van der Waals surface area contributed by atoms with E-state index in [1.165, 1.54) is 11.5 Å². The van der Waals surface area contributed by atoms with Gasteiger partial charge in [0, 0.05) is 17.5 Å². The Morgan fingerprint density at radius 2 is 2.21 bits per heavy atom. The Kier molecular flexibility index (Phi) is 2.51. The largest absolute Gasteiger partial charge is 0.383 e. The summed E-state index contributed by atoms with van der Waals surface area (Å²) in [5.41, 5.74) is 1.70. The Balaban J connectivity index is 2.28. The normalized spacial score (nSPS) is 12.7. The van der Waals surface area contributed by atoms with E-state index in [0.717, 1.165) is 16.1 Å². The van der Waals surface area contributed by atoms with Gasteiger partial charge in [-0.3, -0.25) is 4.98 Å². The van der Waals surface area contributed by atoms with Gasteiger partial charge in [-0.25, -0.2) is 0 Å². The molecule has 0 spiro atoms. The average Bonchev–Trinajstić information content (AvgIpc) is 2.71. The smallest absolute Gasteiger partial charge is 0.118 e. The van der Waals surface area contributed by atoms with Crippen molar-refractivity contribution in [2.45, 2.75) is 13.0 Å². The van der Waals surface area contributed by atoms with Gasteiger partial charge in [-0.1, -0.05) is 10.6 Å². The molecule has 2 rings (SSSR count). The maximum atomic E-state index is 9.86. The number of aliphatic hydroxyl groups is 1. The summed E-state index contributed by atoms with van der Waals surface area (Å²) in [7, 11) is 0. The molecule has 2 aromatic heterocycles. The first-order valence-electron chi connectivity index (χ1n) is 4.15. The molecule has 5 heteroatoms. The topological polar surface area (TPSA) is 58.9 Å². The maximum Gasteiger partial charge on any atom is 0.118 e. The van der Waals surface area contributed by atoms with Crippen LogP contribution in [0.4, 0.5) is 0 Å². The lowest BCUT2D eigenvalue weighted by atomic mass is 10.1. The second-order valence-corrected chi connectivity index (χ2v) is 3.77. The average molecular weight is 207 g/mol. The van der Waals surface area contributed by atoms with Gasteiger partial charge >= 0.3 is 0 Å². The molecule has 14 heavy (non-hydrogen) atoms. The Bertz CT molecular complexity index is 399. The van der Waals surface area contributed by atoms with E-state index in [1.54, 1.807) is 12.4 Å². The molecular formula is C9H9N3OS. The number of aromatic nitrogens is 3. The lowest BCUT2D eigenvalue weighted by molar-refractivity contribution is 0.223. The van der Waals surface area contributed by atoms with Crippen LogP contribution in [0.3, 0.4) is 0 Å². The van der Waals surface area contributed by atoms with Gasteiger partial charge in [0.25, 0.3) is 0 Å². The van der Waals surface area contributed by atoms with Gasteiger partial charge in [0.05, 0.1) is 11.1 Å². The van der Waals surface area contributed by atoms with E-state index in [9.17, 15) is 5.11 Å². The van der Waals surface area contributed by atoms with Crippen molar-refractivity contribution in [3.8, 4) is 0 Å². The predicted molar refractivity (Wildman–Crippen MR) is 52.9 cm³/mol. The number of pyridine rings is 1. The van der Waals surface area contributed by atoms with Crippen molar-refractivity contribution in [1.82, 2.24) is 14.6 Å². The van der Waals surface area contributed by atoms with E-state index in [4.69, 9.17) is 0 Å². The Labute approximate surface area is 85.4 Å². The molecular weight excluding hydrogens is 198 g/mol. The Morgan fingerprint density at radius 1 is 1.36 bits per heavy atom. The van der Waals surface area contributed by atoms with Crippen molar-refractivity contribution in [3.63, 3.8) is 0 Å². The van der Waals surface area contributed by atoms with E-state index in [-0.39, 0.29) is 0 Å². The van der Waals surface area contributed by atoms with Crippen LogP contribution in [-0.2, 0) is 0 Å². The van der Waals surface area contributed by atoms with Crippen LogP contribution in [0.5, 0.6) is 0 Å². The van der Waals surface area contributed by atoms with Crippen LogP contribution in [0.1, 0.15) is 22.2 Å². The highest BCUT2D eigenvalue weighted by molar-refractivity contribution is 7.05. The van der Waals surface area contributed by atoms with Crippen molar-refractivity contribution < 1.29 is 5.11 Å². The number of hydrogen-bond donors (Lipinski definition) is 1. The van der Waals surface area contributed by atoms with Crippen LogP contribution in [-0.4, -0.2) is 19.7 Å². The molecule has 72 valence electrons. The molecule has 0 saturated carbocycles. The highest BCUT2D eigenvalue weighted by Gasteiger charge is 2.12. The summed E-state index contributed by atoms with van der Waals surface area (Å²) in [6, 6.07) is 3.72. The zero-order valence-corrected chi connectivity index (χ0v) is 8.40. The van der Waals surface area contributed by atoms with E-state index in [0.29, 0.717) is 0 Å². The molecule has 0 fully saturated rings. The van der Waals surface area contributed by atoms with Crippen LogP contribution in [0.2, 0.25) is 0 Å². The molecule has 0 bridgehead atoms. The fourth-order valence-electron chi connectivity index (χ4n) is 1.10. The second-order valence-electron chi connectivity index (χ2n) is 2.96. The van der Waals surface area contributed by atoms with Gasteiger partial charge < -0.3 is 5.11 Å². The molecule has 0 aliphatic carbocycles. The molecule has 1 N–H and O–H groups in total. The number of hydrogen-bond acceptors (Lipinski definition) is 5. The highest BCUT2D eigenvalue weighted by Crippen LogP contribution is 2.22. The molecule has 4 nitrogen and oxygen atoms in total. The van der Waals surface area contributed by atoms with Crippen LogP contribution in [0.15, 0.2) is 24.5 Å². The Morgan fingerprint density at radius 3 is 2.79 bits per heavy atom. The summed E-state index contributed by atoms with van der Waals surface area (Å²) < 4.78 is 3.70. The summed E-state index contributed by atoms with van der Waals surface area (Å²) in [6.45, 7) is 1.91. The van der Waals surface area contributed by atoms with Crippen molar-refractivity contribution in [2.75, 3.05) is 0 Å². The monoisotopic (exact) mass is 207 g/mol. The first-order valence-corrected chi connectivity index (χ1v) is 4.92. The number of aliphatic hydroxyl groups excluding tert-OH is 1. The van der Waals surface area contributed by atoms with Crippen molar-refractivity contribution in [2.24, 2.45) is 0 Å². The molecule has 2 aromatic rings. The lowest BCUT2D eigenvalue weighted by Gasteiger charge is -2.06. The lowest BCUT2D eigenvalue weighted by Crippen LogP contribution is -1.98. The maximum absolute atomic E-state index is 9.86. The summed E-state index contributed by atoms with van der Waals surface area (Å²) in [5, 5.41) is 13.5. The van der Waals surface area contributed by atoms with Crippen molar-refractivity contribution >= 4 is 11.5 Å².